The first kappa shape index (κ1) is 14.9. The van der Waals surface area contributed by atoms with E-state index < -0.39 is 21.6 Å². The SMILES string of the molecule is NC(=O)c1ccc(CNCC2CCS(=O)(=O)C2)c(F)c1. The van der Waals surface area contributed by atoms with E-state index in [0.717, 1.165) is 6.07 Å². The number of halogens is 1. The molecule has 1 heterocycles. The standard InChI is InChI=1S/C13H17FN2O3S/c14-12-5-10(13(15)17)1-2-11(12)7-16-6-9-3-4-20(18,19)8-9/h1-2,5,9,16H,3-4,6-8H2,(H2,15,17). The van der Waals surface area contributed by atoms with Gasteiger partial charge in [-0.1, -0.05) is 6.07 Å². The molecule has 1 aromatic rings. The zero-order valence-electron chi connectivity index (χ0n) is 10.9. The molecule has 0 aromatic heterocycles. The molecule has 1 unspecified atom stereocenters. The van der Waals surface area contributed by atoms with Crippen LogP contribution in [0.15, 0.2) is 18.2 Å². The zero-order valence-corrected chi connectivity index (χ0v) is 11.7. The van der Waals surface area contributed by atoms with E-state index in [0.29, 0.717) is 25.1 Å². The Balaban J connectivity index is 1.87. The summed E-state index contributed by atoms with van der Waals surface area (Å²) >= 11 is 0. The van der Waals surface area contributed by atoms with Crippen LogP contribution < -0.4 is 11.1 Å². The second-order valence-corrected chi connectivity index (χ2v) is 7.30. The molecule has 0 bridgehead atoms. The Hall–Kier alpha value is -1.47. The third-order valence-electron chi connectivity index (χ3n) is 3.41. The highest BCUT2D eigenvalue weighted by Gasteiger charge is 2.27. The first-order valence-corrected chi connectivity index (χ1v) is 8.19. The van der Waals surface area contributed by atoms with E-state index in [1.807, 2.05) is 0 Å². The summed E-state index contributed by atoms with van der Waals surface area (Å²) in [6.45, 7) is 0.831. The van der Waals surface area contributed by atoms with E-state index in [1.165, 1.54) is 12.1 Å². The number of amides is 1. The van der Waals surface area contributed by atoms with Crippen molar-refractivity contribution in [1.29, 1.82) is 0 Å². The van der Waals surface area contributed by atoms with Crippen LogP contribution in [0.5, 0.6) is 0 Å². The molecule has 0 aliphatic carbocycles. The molecule has 1 aliphatic rings. The minimum atomic E-state index is -2.88. The number of sulfone groups is 1. The highest BCUT2D eigenvalue weighted by atomic mass is 32.2. The van der Waals surface area contributed by atoms with Gasteiger partial charge in [-0.25, -0.2) is 12.8 Å². The molecule has 2 rings (SSSR count). The van der Waals surface area contributed by atoms with E-state index in [-0.39, 0.29) is 23.0 Å². The summed E-state index contributed by atoms with van der Waals surface area (Å²) in [4.78, 5) is 10.9. The van der Waals surface area contributed by atoms with Crippen LogP contribution in [0.3, 0.4) is 0 Å². The van der Waals surface area contributed by atoms with Crippen molar-refractivity contribution in [2.45, 2.75) is 13.0 Å². The van der Waals surface area contributed by atoms with Gasteiger partial charge < -0.3 is 11.1 Å². The lowest BCUT2D eigenvalue weighted by atomic mass is 10.1. The van der Waals surface area contributed by atoms with Gasteiger partial charge in [-0.2, -0.15) is 0 Å². The lowest BCUT2D eigenvalue weighted by Gasteiger charge is -2.10. The largest absolute Gasteiger partial charge is 0.366 e. The number of benzene rings is 1. The van der Waals surface area contributed by atoms with Crippen molar-refractivity contribution in [1.82, 2.24) is 5.32 Å². The average Bonchev–Trinajstić information content (AvgIpc) is 2.70. The highest BCUT2D eigenvalue weighted by molar-refractivity contribution is 7.91. The second-order valence-electron chi connectivity index (χ2n) is 5.07. The van der Waals surface area contributed by atoms with Gasteiger partial charge in [0, 0.05) is 17.7 Å². The maximum absolute atomic E-state index is 13.7. The molecule has 1 fully saturated rings. The molecule has 1 saturated heterocycles. The topological polar surface area (TPSA) is 89.3 Å². The summed E-state index contributed by atoms with van der Waals surface area (Å²) in [5, 5.41) is 3.05. The first-order valence-electron chi connectivity index (χ1n) is 6.37. The van der Waals surface area contributed by atoms with Gasteiger partial charge >= 0.3 is 0 Å². The Morgan fingerprint density at radius 1 is 1.45 bits per heavy atom. The Morgan fingerprint density at radius 2 is 2.20 bits per heavy atom. The van der Waals surface area contributed by atoms with Crippen molar-refractivity contribution in [2.75, 3.05) is 18.1 Å². The van der Waals surface area contributed by atoms with Gasteiger partial charge in [0.05, 0.1) is 11.5 Å². The number of hydrogen-bond donors (Lipinski definition) is 2. The normalized spacial score (nSPS) is 20.9. The Labute approximate surface area is 117 Å². The Bertz CT molecular complexity index is 616. The van der Waals surface area contributed by atoms with Gasteiger partial charge in [-0.15, -0.1) is 0 Å². The minimum Gasteiger partial charge on any atom is -0.366 e. The average molecular weight is 300 g/mol. The van der Waals surface area contributed by atoms with Crippen LogP contribution in [0.2, 0.25) is 0 Å². The summed E-state index contributed by atoms with van der Waals surface area (Å²) in [7, 11) is -2.88. The van der Waals surface area contributed by atoms with E-state index >= 15 is 0 Å². The van der Waals surface area contributed by atoms with Crippen LogP contribution in [-0.4, -0.2) is 32.4 Å². The van der Waals surface area contributed by atoms with Crippen LogP contribution in [0.25, 0.3) is 0 Å². The molecule has 0 saturated carbocycles. The number of nitrogens with two attached hydrogens (primary N) is 1. The van der Waals surface area contributed by atoms with E-state index in [9.17, 15) is 17.6 Å². The molecule has 1 atom stereocenters. The molecular formula is C13H17FN2O3S. The Morgan fingerprint density at radius 3 is 2.75 bits per heavy atom. The van der Waals surface area contributed by atoms with Gasteiger partial charge in [0.25, 0.3) is 0 Å². The van der Waals surface area contributed by atoms with Crippen LogP contribution in [0.4, 0.5) is 4.39 Å². The highest BCUT2D eigenvalue weighted by Crippen LogP contribution is 2.17. The smallest absolute Gasteiger partial charge is 0.248 e. The third kappa shape index (κ3) is 3.77. The van der Waals surface area contributed by atoms with Crippen LogP contribution in [0.1, 0.15) is 22.3 Å². The van der Waals surface area contributed by atoms with Gasteiger partial charge in [0.15, 0.2) is 9.84 Å². The van der Waals surface area contributed by atoms with E-state index in [4.69, 9.17) is 5.73 Å². The summed E-state index contributed by atoms with van der Waals surface area (Å²) in [5.74, 6) is -0.634. The van der Waals surface area contributed by atoms with Gasteiger partial charge in [-0.05, 0) is 31.0 Å². The molecule has 0 spiro atoms. The van der Waals surface area contributed by atoms with Crippen LogP contribution in [0, 0.1) is 11.7 Å². The fourth-order valence-electron chi connectivity index (χ4n) is 2.29. The van der Waals surface area contributed by atoms with Crippen molar-refractivity contribution in [3.63, 3.8) is 0 Å². The second kappa shape index (κ2) is 5.88. The Kier molecular flexibility index (Phi) is 4.39. The van der Waals surface area contributed by atoms with Crippen molar-refractivity contribution in [3.05, 3.63) is 35.1 Å². The molecule has 7 heteroatoms. The molecule has 20 heavy (non-hydrogen) atoms. The summed E-state index contributed by atoms with van der Waals surface area (Å²) < 4.78 is 36.3. The lowest BCUT2D eigenvalue weighted by molar-refractivity contribution is 0.1000. The quantitative estimate of drug-likeness (QED) is 0.826. The fourth-order valence-corrected chi connectivity index (χ4v) is 4.15. The molecule has 1 aromatic carbocycles. The minimum absolute atomic E-state index is 0.0907. The monoisotopic (exact) mass is 300 g/mol. The molecular weight excluding hydrogens is 283 g/mol. The fraction of sp³-hybridized carbons (Fsp3) is 0.462. The molecule has 1 aliphatic heterocycles. The first-order chi connectivity index (χ1) is 9.37. The number of primary amides is 1. The summed E-state index contributed by atoms with van der Waals surface area (Å²) in [6.07, 6.45) is 0.651. The van der Waals surface area contributed by atoms with E-state index in [1.54, 1.807) is 0 Å². The molecule has 110 valence electrons. The number of rotatable bonds is 5. The van der Waals surface area contributed by atoms with Crippen molar-refractivity contribution >= 4 is 15.7 Å². The lowest BCUT2D eigenvalue weighted by Crippen LogP contribution is -2.24. The summed E-state index contributed by atoms with van der Waals surface area (Å²) in [5.41, 5.74) is 5.62. The third-order valence-corrected chi connectivity index (χ3v) is 5.25. The maximum Gasteiger partial charge on any atom is 0.248 e. The number of nitrogens with one attached hydrogen (secondary N) is 1. The van der Waals surface area contributed by atoms with Gasteiger partial charge in [0.2, 0.25) is 5.91 Å². The predicted octanol–water partition coefficient (Wildman–Crippen LogP) is 0.449. The van der Waals surface area contributed by atoms with Crippen LogP contribution >= 0.6 is 0 Å². The van der Waals surface area contributed by atoms with Crippen molar-refractivity contribution in [2.24, 2.45) is 11.7 Å². The van der Waals surface area contributed by atoms with Gasteiger partial charge in [0.1, 0.15) is 5.82 Å². The maximum atomic E-state index is 13.7. The predicted molar refractivity (Wildman–Crippen MR) is 73.4 cm³/mol. The van der Waals surface area contributed by atoms with Gasteiger partial charge in [-0.3, -0.25) is 4.79 Å². The number of carbonyl (C=O) groups excluding carboxylic acids is 1. The summed E-state index contributed by atoms with van der Waals surface area (Å²) in [6, 6.07) is 4.09. The van der Waals surface area contributed by atoms with Crippen molar-refractivity contribution < 1.29 is 17.6 Å². The molecule has 5 nitrogen and oxygen atoms in total. The van der Waals surface area contributed by atoms with Crippen molar-refractivity contribution in [3.8, 4) is 0 Å². The molecule has 0 radical (unpaired) electrons. The molecule has 3 N–H and O–H groups in total. The van der Waals surface area contributed by atoms with E-state index in [2.05, 4.69) is 5.32 Å². The zero-order chi connectivity index (χ0) is 14.8. The van der Waals surface area contributed by atoms with Crippen LogP contribution in [-0.2, 0) is 16.4 Å². The number of hydrogen-bond acceptors (Lipinski definition) is 4. The molecule has 1 amide bonds. The number of carbonyl (C=O) groups is 1.